The predicted octanol–water partition coefficient (Wildman–Crippen LogP) is 4.18. The van der Waals surface area contributed by atoms with Crippen LogP contribution in [0.1, 0.15) is 49.7 Å². The minimum absolute atomic E-state index is 0.0390. The monoisotopic (exact) mass is 359 g/mol. The van der Waals surface area contributed by atoms with Crippen molar-refractivity contribution < 1.29 is 4.79 Å². The van der Waals surface area contributed by atoms with Crippen LogP contribution in [0.2, 0.25) is 0 Å². The van der Waals surface area contributed by atoms with Crippen molar-refractivity contribution in [1.29, 1.82) is 0 Å². The maximum Gasteiger partial charge on any atom is 0.259 e. The third kappa shape index (κ3) is 2.07. The second-order valence-corrected chi connectivity index (χ2v) is 8.93. The van der Waals surface area contributed by atoms with Gasteiger partial charge in [-0.05, 0) is 53.9 Å². The first kappa shape index (κ1) is 16.7. The quantitative estimate of drug-likeness (QED) is 0.807. The number of benzene rings is 1. The van der Waals surface area contributed by atoms with E-state index in [2.05, 4.69) is 25.8 Å². The molecule has 2 saturated carbocycles. The van der Waals surface area contributed by atoms with E-state index >= 15 is 0 Å². The molecule has 2 bridgehead atoms. The smallest absolute Gasteiger partial charge is 0.259 e. The molecule has 3 aliphatic rings. The highest BCUT2D eigenvalue weighted by Gasteiger charge is 2.70. The van der Waals surface area contributed by atoms with Gasteiger partial charge in [-0.2, -0.15) is 0 Å². The first-order valence-corrected chi connectivity index (χ1v) is 9.83. The van der Waals surface area contributed by atoms with Crippen molar-refractivity contribution in [3.8, 4) is 0 Å². The number of nitrogens with zero attached hydrogens (tertiary/aromatic N) is 3. The lowest BCUT2D eigenvalue weighted by atomic mass is 9.68. The Morgan fingerprint density at radius 3 is 2.52 bits per heavy atom. The van der Waals surface area contributed by atoms with Crippen molar-refractivity contribution in [2.75, 3.05) is 0 Å². The molecule has 1 amide bonds. The zero-order chi connectivity index (χ0) is 18.8. The highest BCUT2D eigenvalue weighted by atomic mass is 16.2. The molecule has 5 rings (SSSR count). The Labute approximate surface area is 160 Å². The Hall–Kier alpha value is -2.49. The van der Waals surface area contributed by atoms with Gasteiger partial charge in [-0.25, -0.2) is 0 Å². The Bertz CT molecular complexity index is 921. The molecule has 1 aromatic carbocycles. The molecule has 138 valence electrons. The number of fused-ring (bicyclic) bond motifs is 5. The molecule has 1 aliphatic heterocycles. The highest BCUT2D eigenvalue weighted by Crippen LogP contribution is 2.68. The fourth-order valence-electron chi connectivity index (χ4n) is 5.85. The van der Waals surface area contributed by atoms with Crippen LogP contribution in [0.25, 0.3) is 0 Å². The van der Waals surface area contributed by atoms with Crippen LogP contribution in [0.4, 0.5) is 0 Å². The standard InChI is InChI=1S/C23H25N3O/c1-22(2)16-12-13-23(22,3)19-18(16)25-20(17-11-7-8-14-24-17)26(19)21(27)15-9-5-4-6-10-15/h4-11,14,16,18-19H,12-13H2,1-3H3/t16-,18-,19-,23+/m1/s1. The molecule has 2 aliphatic carbocycles. The summed E-state index contributed by atoms with van der Waals surface area (Å²) in [6.45, 7) is 7.09. The molecule has 0 radical (unpaired) electrons. The summed E-state index contributed by atoms with van der Waals surface area (Å²) in [5.41, 5.74) is 1.74. The second kappa shape index (κ2) is 5.51. The molecule has 1 aromatic heterocycles. The maximum atomic E-state index is 13.6. The largest absolute Gasteiger partial charge is 0.285 e. The van der Waals surface area contributed by atoms with Gasteiger partial charge in [0.15, 0.2) is 5.84 Å². The molecule has 27 heavy (non-hydrogen) atoms. The Kier molecular flexibility index (Phi) is 3.40. The van der Waals surface area contributed by atoms with Gasteiger partial charge < -0.3 is 0 Å². The lowest BCUT2D eigenvalue weighted by molar-refractivity contribution is 0.0566. The number of amides is 1. The summed E-state index contributed by atoms with van der Waals surface area (Å²) in [6.07, 6.45) is 4.11. The fraction of sp³-hybridized carbons (Fsp3) is 0.435. The lowest BCUT2D eigenvalue weighted by Crippen LogP contribution is -2.52. The van der Waals surface area contributed by atoms with Gasteiger partial charge in [0, 0.05) is 11.8 Å². The van der Waals surface area contributed by atoms with Gasteiger partial charge in [-0.1, -0.05) is 45.0 Å². The summed E-state index contributed by atoms with van der Waals surface area (Å²) < 4.78 is 0. The SMILES string of the molecule is CC1(C)[C@@H]2CC[C@@]1(C)[C@H]1[C@@H]2N=C(c2ccccn2)N1C(=O)c1ccccc1. The van der Waals surface area contributed by atoms with Gasteiger partial charge in [-0.15, -0.1) is 0 Å². The van der Waals surface area contributed by atoms with Gasteiger partial charge in [0.25, 0.3) is 5.91 Å². The van der Waals surface area contributed by atoms with E-state index < -0.39 is 0 Å². The average Bonchev–Trinajstić information content (AvgIpc) is 3.24. The van der Waals surface area contributed by atoms with E-state index in [4.69, 9.17) is 4.99 Å². The van der Waals surface area contributed by atoms with Crippen LogP contribution >= 0.6 is 0 Å². The number of hydrogen-bond donors (Lipinski definition) is 0. The number of aromatic nitrogens is 1. The summed E-state index contributed by atoms with van der Waals surface area (Å²) in [5, 5.41) is 0. The van der Waals surface area contributed by atoms with Crippen molar-refractivity contribution in [1.82, 2.24) is 9.88 Å². The van der Waals surface area contributed by atoms with Crippen LogP contribution in [-0.4, -0.2) is 33.7 Å². The molecule has 2 aromatic rings. The van der Waals surface area contributed by atoms with Gasteiger partial charge in [-0.3, -0.25) is 19.7 Å². The van der Waals surface area contributed by atoms with Crippen molar-refractivity contribution in [3.05, 3.63) is 66.0 Å². The third-order valence-electron chi connectivity index (χ3n) is 7.67. The van der Waals surface area contributed by atoms with Crippen molar-refractivity contribution in [3.63, 3.8) is 0 Å². The van der Waals surface area contributed by atoms with E-state index in [0.717, 1.165) is 18.0 Å². The predicted molar refractivity (Wildman–Crippen MR) is 106 cm³/mol. The van der Waals surface area contributed by atoms with E-state index in [9.17, 15) is 4.79 Å². The van der Waals surface area contributed by atoms with Crippen molar-refractivity contribution >= 4 is 11.7 Å². The molecule has 4 heteroatoms. The Balaban J connectivity index is 1.66. The lowest BCUT2D eigenvalue weighted by Gasteiger charge is -2.42. The first-order chi connectivity index (χ1) is 12.9. The van der Waals surface area contributed by atoms with Crippen LogP contribution in [0, 0.1) is 16.7 Å². The molecular weight excluding hydrogens is 334 g/mol. The summed E-state index contributed by atoms with van der Waals surface area (Å²) in [7, 11) is 0. The van der Waals surface area contributed by atoms with Gasteiger partial charge in [0.05, 0.1) is 12.1 Å². The summed E-state index contributed by atoms with van der Waals surface area (Å²) >= 11 is 0. The molecule has 4 nitrogen and oxygen atoms in total. The number of aliphatic imine (C=N–C) groups is 1. The molecule has 2 fully saturated rings. The first-order valence-electron chi connectivity index (χ1n) is 9.83. The molecule has 0 N–H and O–H groups in total. The van der Waals surface area contributed by atoms with Crippen LogP contribution in [0.3, 0.4) is 0 Å². The van der Waals surface area contributed by atoms with Gasteiger partial charge in [0.1, 0.15) is 5.69 Å². The third-order valence-corrected chi connectivity index (χ3v) is 7.67. The molecule has 2 heterocycles. The number of pyridine rings is 1. The van der Waals surface area contributed by atoms with E-state index in [1.165, 1.54) is 6.42 Å². The topological polar surface area (TPSA) is 45.6 Å². The highest BCUT2D eigenvalue weighted by molar-refractivity contribution is 6.13. The zero-order valence-corrected chi connectivity index (χ0v) is 16.1. The number of rotatable bonds is 2. The molecule has 4 atom stereocenters. The van der Waals surface area contributed by atoms with Crippen LogP contribution < -0.4 is 0 Å². The molecule has 0 spiro atoms. The van der Waals surface area contributed by atoms with E-state index in [-0.39, 0.29) is 28.8 Å². The minimum atomic E-state index is 0.0390. The number of hydrogen-bond acceptors (Lipinski definition) is 3. The molecular formula is C23H25N3O. The van der Waals surface area contributed by atoms with Crippen LogP contribution in [-0.2, 0) is 0 Å². The zero-order valence-electron chi connectivity index (χ0n) is 16.1. The summed E-state index contributed by atoms with van der Waals surface area (Å²) in [5.74, 6) is 1.30. The van der Waals surface area contributed by atoms with E-state index in [0.29, 0.717) is 11.5 Å². The van der Waals surface area contributed by atoms with Gasteiger partial charge in [0.2, 0.25) is 0 Å². The normalized spacial score (nSPS) is 33.1. The number of carbonyl (C=O) groups is 1. The molecule has 0 saturated heterocycles. The van der Waals surface area contributed by atoms with Crippen molar-refractivity contribution in [2.24, 2.45) is 21.7 Å². The average molecular weight is 359 g/mol. The summed E-state index contributed by atoms with van der Waals surface area (Å²) in [4.78, 5) is 25.2. The Morgan fingerprint density at radius 1 is 1.07 bits per heavy atom. The Morgan fingerprint density at radius 2 is 1.81 bits per heavy atom. The maximum absolute atomic E-state index is 13.6. The number of amidine groups is 1. The minimum Gasteiger partial charge on any atom is -0.285 e. The molecule has 0 unspecified atom stereocenters. The van der Waals surface area contributed by atoms with E-state index in [1.54, 1.807) is 6.20 Å². The number of carbonyl (C=O) groups excluding carboxylic acids is 1. The van der Waals surface area contributed by atoms with Crippen LogP contribution in [0.15, 0.2) is 59.7 Å². The van der Waals surface area contributed by atoms with Crippen LogP contribution in [0.5, 0.6) is 0 Å². The van der Waals surface area contributed by atoms with Gasteiger partial charge >= 0.3 is 0 Å². The van der Waals surface area contributed by atoms with Crippen molar-refractivity contribution in [2.45, 2.75) is 45.7 Å². The summed E-state index contributed by atoms with van der Waals surface area (Å²) in [6, 6.07) is 15.7. The fourth-order valence-corrected chi connectivity index (χ4v) is 5.85. The van der Waals surface area contributed by atoms with E-state index in [1.807, 2.05) is 53.4 Å². The second-order valence-electron chi connectivity index (χ2n) is 8.93.